The van der Waals surface area contributed by atoms with Crippen LogP contribution in [0.5, 0.6) is 0 Å². The van der Waals surface area contributed by atoms with Gasteiger partial charge in [0.15, 0.2) is 0 Å². The molecule has 0 bridgehead atoms. The van der Waals surface area contributed by atoms with E-state index >= 15 is 0 Å². The predicted molar refractivity (Wildman–Crippen MR) is 115 cm³/mol. The summed E-state index contributed by atoms with van der Waals surface area (Å²) in [4.78, 5) is 62.2. The Hall–Kier alpha value is -3.60. The third-order valence-electron chi connectivity index (χ3n) is 4.96. The molecule has 2 aliphatic heterocycles. The van der Waals surface area contributed by atoms with Crippen LogP contribution in [-0.4, -0.2) is 60.1 Å². The van der Waals surface area contributed by atoms with E-state index in [0.29, 0.717) is 10.6 Å². The third-order valence-corrected chi connectivity index (χ3v) is 5.21. The number of hydrogen-bond donors (Lipinski definition) is 3. The molecule has 1 fully saturated rings. The van der Waals surface area contributed by atoms with Gasteiger partial charge in [-0.05, 0) is 38.5 Å². The normalized spacial score (nSPS) is 19.6. The Labute approximate surface area is 194 Å². The van der Waals surface area contributed by atoms with Gasteiger partial charge < -0.3 is 25.4 Å². The summed E-state index contributed by atoms with van der Waals surface area (Å²) in [7, 11) is 0. The van der Waals surface area contributed by atoms with Crippen molar-refractivity contribution in [3.63, 3.8) is 0 Å². The lowest BCUT2D eigenvalue weighted by Gasteiger charge is -2.29. The summed E-state index contributed by atoms with van der Waals surface area (Å²) >= 11 is 5.93. The third kappa shape index (κ3) is 5.25. The number of nitrogens with one attached hydrogen (secondary N) is 3. The monoisotopic (exact) mass is 478 g/mol. The summed E-state index contributed by atoms with van der Waals surface area (Å²) in [6.07, 6.45) is 0. The molecule has 2 heterocycles. The zero-order valence-corrected chi connectivity index (χ0v) is 18.9. The molecule has 1 atom stereocenters. The predicted octanol–water partition coefficient (Wildman–Crippen LogP) is 1.38. The molecule has 3 rings (SSSR count). The Morgan fingerprint density at radius 2 is 1.79 bits per heavy atom. The van der Waals surface area contributed by atoms with E-state index in [4.69, 9.17) is 21.1 Å². The molecule has 1 saturated heterocycles. The van der Waals surface area contributed by atoms with Gasteiger partial charge in [-0.3, -0.25) is 14.5 Å². The van der Waals surface area contributed by atoms with Crippen molar-refractivity contribution in [1.29, 1.82) is 0 Å². The molecule has 1 aromatic carbocycles. The van der Waals surface area contributed by atoms with Gasteiger partial charge >= 0.3 is 24.0 Å². The zero-order valence-electron chi connectivity index (χ0n) is 18.2. The molecule has 1 aromatic rings. The van der Waals surface area contributed by atoms with Crippen LogP contribution in [-0.2, 0) is 23.9 Å². The van der Waals surface area contributed by atoms with E-state index in [1.54, 1.807) is 31.2 Å². The Morgan fingerprint density at radius 3 is 2.36 bits per heavy atom. The number of nitrogens with zero attached hydrogens (tertiary/aromatic N) is 1. The zero-order chi connectivity index (χ0) is 24.3. The summed E-state index contributed by atoms with van der Waals surface area (Å²) in [5, 5.41) is 8.03. The lowest BCUT2D eigenvalue weighted by Crippen LogP contribution is -2.47. The van der Waals surface area contributed by atoms with Gasteiger partial charge in [0, 0.05) is 5.02 Å². The first-order valence-electron chi connectivity index (χ1n) is 10.1. The quantitative estimate of drug-likeness (QED) is 0.397. The van der Waals surface area contributed by atoms with Gasteiger partial charge in [0.05, 0.1) is 23.9 Å². The van der Waals surface area contributed by atoms with Crippen molar-refractivity contribution in [2.75, 3.05) is 19.8 Å². The van der Waals surface area contributed by atoms with Crippen LogP contribution >= 0.6 is 11.6 Å². The molecule has 33 heavy (non-hydrogen) atoms. The molecule has 1 unspecified atom stereocenters. The van der Waals surface area contributed by atoms with E-state index < -0.39 is 54.6 Å². The topological polar surface area (TPSA) is 143 Å². The maximum atomic E-state index is 12.7. The molecule has 3 N–H and O–H groups in total. The van der Waals surface area contributed by atoms with Crippen LogP contribution in [0.3, 0.4) is 0 Å². The van der Waals surface area contributed by atoms with Crippen molar-refractivity contribution >= 4 is 41.5 Å². The Bertz CT molecular complexity index is 1040. The highest BCUT2D eigenvalue weighted by Gasteiger charge is 2.45. The average Bonchev–Trinajstić information content (AvgIpc) is 2.94. The Balaban J connectivity index is 1.82. The SMILES string of the molecule is CCOC(=O)C1=C(COC(=O)CN2C(=O)NC(C)(C)C2=O)NC(=O)NC1c1ccc(Cl)cc1. The first-order valence-corrected chi connectivity index (χ1v) is 10.4. The molecule has 2 aliphatic rings. The molecule has 0 aromatic heterocycles. The van der Waals surface area contributed by atoms with Crippen molar-refractivity contribution in [3.05, 3.63) is 46.1 Å². The molecule has 176 valence electrons. The molecular formula is C21H23ClN4O7. The number of ether oxygens (including phenoxy) is 2. The van der Waals surface area contributed by atoms with Crippen LogP contribution in [0.15, 0.2) is 35.5 Å². The number of imide groups is 1. The van der Waals surface area contributed by atoms with Crippen molar-refractivity contribution in [1.82, 2.24) is 20.9 Å². The second kappa shape index (κ2) is 9.49. The Kier molecular flexibility index (Phi) is 6.92. The highest BCUT2D eigenvalue weighted by Crippen LogP contribution is 2.29. The minimum Gasteiger partial charge on any atom is -0.463 e. The molecule has 0 radical (unpaired) electrons. The van der Waals surface area contributed by atoms with Gasteiger partial charge in [0.1, 0.15) is 18.7 Å². The molecule has 0 aliphatic carbocycles. The second-order valence-electron chi connectivity index (χ2n) is 7.80. The van der Waals surface area contributed by atoms with Crippen LogP contribution < -0.4 is 16.0 Å². The summed E-state index contributed by atoms with van der Waals surface area (Å²) < 4.78 is 10.3. The minimum absolute atomic E-state index is 0.0167. The minimum atomic E-state index is -1.13. The van der Waals surface area contributed by atoms with Crippen LogP contribution in [0.2, 0.25) is 5.02 Å². The fraction of sp³-hybridized carbons (Fsp3) is 0.381. The van der Waals surface area contributed by atoms with Crippen molar-refractivity contribution in [2.45, 2.75) is 32.4 Å². The van der Waals surface area contributed by atoms with E-state index in [2.05, 4.69) is 16.0 Å². The highest BCUT2D eigenvalue weighted by molar-refractivity contribution is 6.30. The fourth-order valence-corrected chi connectivity index (χ4v) is 3.50. The highest BCUT2D eigenvalue weighted by atomic mass is 35.5. The first-order chi connectivity index (χ1) is 15.5. The molecule has 0 spiro atoms. The van der Waals surface area contributed by atoms with E-state index in [1.807, 2.05) is 0 Å². The molecule has 0 saturated carbocycles. The van der Waals surface area contributed by atoms with Crippen molar-refractivity contribution in [3.8, 4) is 0 Å². The van der Waals surface area contributed by atoms with Crippen LogP contribution in [0, 0.1) is 0 Å². The summed E-state index contributed by atoms with van der Waals surface area (Å²) in [5.74, 6) is -2.19. The number of hydrogen-bond acceptors (Lipinski definition) is 7. The standard InChI is InChI=1S/C21H23ClN4O7/c1-4-32-17(28)15-13(23-19(30)24-16(15)11-5-7-12(22)8-6-11)10-33-14(27)9-26-18(29)21(2,3)25-20(26)31/h5-8,16H,4,9-10H2,1-3H3,(H,25,31)(H2,23,24,30). The number of esters is 2. The molecule has 12 heteroatoms. The van der Waals surface area contributed by atoms with Crippen LogP contribution in [0.25, 0.3) is 0 Å². The summed E-state index contributed by atoms with van der Waals surface area (Å²) in [6, 6.07) is 4.27. The van der Waals surface area contributed by atoms with Gasteiger partial charge in [0.2, 0.25) is 0 Å². The van der Waals surface area contributed by atoms with Gasteiger partial charge in [0.25, 0.3) is 5.91 Å². The lowest BCUT2D eigenvalue weighted by atomic mass is 9.95. The average molecular weight is 479 g/mol. The van der Waals surface area contributed by atoms with Crippen molar-refractivity contribution < 1.29 is 33.4 Å². The van der Waals surface area contributed by atoms with Gasteiger partial charge in [-0.1, -0.05) is 23.7 Å². The number of urea groups is 2. The van der Waals surface area contributed by atoms with E-state index in [0.717, 1.165) is 4.90 Å². The van der Waals surface area contributed by atoms with Crippen LogP contribution in [0.1, 0.15) is 32.4 Å². The summed E-state index contributed by atoms with van der Waals surface area (Å²) in [5.41, 5.74) is -0.514. The summed E-state index contributed by atoms with van der Waals surface area (Å²) in [6.45, 7) is 3.62. The van der Waals surface area contributed by atoms with Gasteiger partial charge in [-0.2, -0.15) is 0 Å². The van der Waals surface area contributed by atoms with Gasteiger partial charge in [-0.25, -0.2) is 14.4 Å². The molecular weight excluding hydrogens is 456 g/mol. The maximum absolute atomic E-state index is 12.7. The van der Waals surface area contributed by atoms with E-state index in [9.17, 15) is 24.0 Å². The Morgan fingerprint density at radius 1 is 1.12 bits per heavy atom. The number of carbonyl (C=O) groups is 5. The number of carbonyl (C=O) groups excluding carboxylic acids is 5. The van der Waals surface area contributed by atoms with Crippen LogP contribution in [0.4, 0.5) is 9.59 Å². The number of rotatable bonds is 7. The first kappa shape index (κ1) is 24.1. The number of amides is 5. The second-order valence-corrected chi connectivity index (χ2v) is 8.24. The number of halogens is 1. The van der Waals surface area contributed by atoms with E-state index in [1.165, 1.54) is 13.8 Å². The maximum Gasteiger partial charge on any atom is 0.338 e. The fourth-order valence-electron chi connectivity index (χ4n) is 3.38. The lowest BCUT2D eigenvalue weighted by molar-refractivity contribution is -0.147. The van der Waals surface area contributed by atoms with E-state index in [-0.39, 0.29) is 17.9 Å². The largest absolute Gasteiger partial charge is 0.463 e. The number of benzene rings is 1. The molecule has 11 nitrogen and oxygen atoms in total. The van der Waals surface area contributed by atoms with Crippen molar-refractivity contribution in [2.24, 2.45) is 0 Å². The smallest absolute Gasteiger partial charge is 0.338 e. The molecule has 5 amide bonds. The van der Waals surface area contributed by atoms with Gasteiger partial charge in [-0.15, -0.1) is 0 Å².